The summed E-state index contributed by atoms with van der Waals surface area (Å²) in [5.41, 5.74) is 3.20. The van der Waals surface area contributed by atoms with Crippen LogP contribution in [0.15, 0.2) is 54.9 Å². The second-order valence-electron chi connectivity index (χ2n) is 6.12. The summed E-state index contributed by atoms with van der Waals surface area (Å²) in [6.45, 7) is 2.49. The first-order chi connectivity index (χ1) is 12.6. The van der Waals surface area contributed by atoms with Crippen LogP contribution in [0.4, 0.5) is 5.82 Å². The molecule has 1 amide bonds. The standard InChI is InChI=1S/C19H18N6O/c1-13-16-10-15(11-20-18(16)24(2)23-13)19(26)22-17-8-9-21-25(17)12-14-6-4-3-5-7-14/h3-11H,12H2,1-2H3,(H,22,26). The van der Waals surface area contributed by atoms with Gasteiger partial charge in [0.1, 0.15) is 5.82 Å². The molecule has 1 aromatic carbocycles. The molecule has 4 aromatic rings. The number of carbonyl (C=O) groups excluding carboxylic acids is 1. The molecular formula is C19H18N6O. The van der Waals surface area contributed by atoms with Crippen LogP contribution in [0.25, 0.3) is 11.0 Å². The zero-order chi connectivity index (χ0) is 18.1. The lowest BCUT2D eigenvalue weighted by Gasteiger charge is -2.09. The van der Waals surface area contributed by atoms with Crippen LogP contribution in [0, 0.1) is 6.92 Å². The van der Waals surface area contributed by atoms with Gasteiger partial charge in [0.25, 0.3) is 5.91 Å². The monoisotopic (exact) mass is 346 g/mol. The van der Waals surface area contributed by atoms with Crippen LogP contribution < -0.4 is 5.32 Å². The van der Waals surface area contributed by atoms with Crippen LogP contribution in [0.1, 0.15) is 21.6 Å². The Hall–Kier alpha value is -3.48. The van der Waals surface area contributed by atoms with Crippen molar-refractivity contribution in [3.8, 4) is 0 Å². The molecule has 0 radical (unpaired) electrons. The average Bonchev–Trinajstić information content (AvgIpc) is 3.20. The number of hydrogen-bond acceptors (Lipinski definition) is 4. The summed E-state index contributed by atoms with van der Waals surface area (Å²) in [6.07, 6.45) is 3.24. The molecule has 0 saturated carbocycles. The molecular weight excluding hydrogens is 328 g/mol. The average molecular weight is 346 g/mol. The van der Waals surface area contributed by atoms with E-state index in [0.717, 1.165) is 22.3 Å². The minimum atomic E-state index is -0.225. The Labute approximate surface area is 150 Å². The number of benzene rings is 1. The molecule has 0 aliphatic carbocycles. The molecule has 3 aromatic heterocycles. The van der Waals surface area contributed by atoms with E-state index in [-0.39, 0.29) is 5.91 Å². The number of fused-ring (bicyclic) bond motifs is 1. The van der Waals surface area contributed by atoms with E-state index >= 15 is 0 Å². The number of rotatable bonds is 4. The van der Waals surface area contributed by atoms with Crippen molar-refractivity contribution in [1.82, 2.24) is 24.5 Å². The van der Waals surface area contributed by atoms with Crippen molar-refractivity contribution >= 4 is 22.8 Å². The molecule has 3 heterocycles. The molecule has 26 heavy (non-hydrogen) atoms. The van der Waals surface area contributed by atoms with Gasteiger partial charge in [-0.15, -0.1) is 0 Å². The molecule has 0 fully saturated rings. The normalized spacial score (nSPS) is 11.0. The van der Waals surface area contributed by atoms with Crippen LogP contribution in [0.3, 0.4) is 0 Å². The maximum absolute atomic E-state index is 12.7. The molecule has 0 atom stereocenters. The highest BCUT2D eigenvalue weighted by Crippen LogP contribution is 2.18. The smallest absolute Gasteiger partial charge is 0.258 e. The van der Waals surface area contributed by atoms with Crippen molar-refractivity contribution in [2.24, 2.45) is 7.05 Å². The van der Waals surface area contributed by atoms with Gasteiger partial charge < -0.3 is 5.32 Å². The summed E-state index contributed by atoms with van der Waals surface area (Å²) in [5, 5.41) is 12.4. The van der Waals surface area contributed by atoms with Crippen molar-refractivity contribution in [3.63, 3.8) is 0 Å². The molecule has 0 aliphatic heterocycles. The number of anilines is 1. The minimum Gasteiger partial charge on any atom is -0.307 e. The number of pyridine rings is 1. The third kappa shape index (κ3) is 2.95. The quantitative estimate of drug-likeness (QED) is 0.616. The SMILES string of the molecule is Cc1nn(C)c2ncc(C(=O)Nc3ccnn3Cc3ccccc3)cc12. The highest BCUT2D eigenvalue weighted by molar-refractivity contribution is 6.05. The predicted octanol–water partition coefficient (Wildman–Crippen LogP) is 2.77. The van der Waals surface area contributed by atoms with E-state index in [9.17, 15) is 4.79 Å². The maximum Gasteiger partial charge on any atom is 0.258 e. The summed E-state index contributed by atoms with van der Waals surface area (Å²) in [5.74, 6) is 0.416. The highest BCUT2D eigenvalue weighted by Gasteiger charge is 2.14. The minimum absolute atomic E-state index is 0.225. The first kappa shape index (κ1) is 16.0. The van der Waals surface area contributed by atoms with E-state index in [2.05, 4.69) is 20.5 Å². The number of aryl methyl sites for hydroxylation is 2. The third-order valence-electron chi connectivity index (χ3n) is 4.26. The molecule has 0 bridgehead atoms. The second-order valence-corrected chi connectivity index (χ2v) is 6.12. The molecule has 0 unspecified atom stereocenters. The highest BCUT2D eigenvalue weighted by atomic mass is 16.1. The van der Waals surface area contributed by atoms with Gasteiger partial charge in [0.2, 0.25) is 0 Å². The fourth-order valence-electron chi connectivity index (χ4n) is 2.94. The zero-order valence-corrected chi connectivity index (χ0v) is 14.5. The topological polar surface area (TPSA) is 77.6 Å². The Morgan fingerprint density at radius 1 is 1.19 bits per heavy atom. The summed E-state index contributed by atoms with van der Waals surface area (Å²) < 4.78 is 3.47. The second kappa shape index (κ2) is 6.44. The molecule has 130 valence electrons. The first-order valence-corrected chi connectivity index (χ1v) is 8.28. The fraction of sp³-hybridized carbons (Fsp3) is 0.158. The first-order valence-electron chi connectivity index (χ1n) is 8.28. The predicted molar refractivity (Wildman–Crippen MR) is 99.0 cm³/mol. The largest absolute Gasteiger partial charge is 0.307 e. The van der Waals surface area contributed by atoms with Crippen molar-refractivity contribution in [3.05, 3.63) is 71.7 Å². The molecule has 1 N–H and O–H groups in total. The van der Waals surface area contributed by atoms with E-state index in [1.807, 2.05) is 50.4 Å². The van der Waals surface area contributed by atoms with E-state index in [1.54, 1.807) is 27.8 Å². The zero-order valence-electron chi connectivity index (χ0n) is 14.5. The summed E-state index contributed by atoms with van der Waals surface area (Å²) in [6, 6.07) is 13.6. The van der Waals surface area contributed by atoms with Gasteiger partial charge in [-0.25, -0.2) is 9.67 Å². The Balaban J connectivity index is 1.57. The van der Waals surface area contributed by atoms with Gasteiger partial charge >= 0.3 is 0 Å². The van der Waals surface area contributed by atoms with Crippen molar-refractivity contribution in [1.29, 1.82) is 0 Å². The number of nitrogens with one attached hydrogen (secondary N) is 1. The lowest BCUT2D eigenvalue weighted by Crippen LogP contribution is -2.16. The van der Waals surface area contributed by atoms with E-state index in [1.165, 1.54) is 0 Å². The Kier molecular flexibility index (Phi) is 3.96. The summed E-state index contributed by atoms with van der Waals surface area (Å²) >= 11 is 0. The van der Waals surface area contributed by atoms with Crippen molar-refractivity contribution in [2.45, 2.75) is 13.5 Å². The molecule has 0 saturated heterocycles. The van der Waals surface area contributed by atoms with Gasteiger partial charge in [-0.2, -0.15) is 10.2 Å². The van der Waals surface area contributed by atoms with Crippen molar-refractivity contribution in [2.75, 3.05) is 5.32 Å². The Morgan fingerprint density at radius 2 is 2.00 bits per heavy atom. The number of aromatic nitrogens is 5. The van der Waals surface area contributed by atoms with Crippen LogP contribution >= 0.6 is 0 Å². The van der Waals surface area contributed by atoms with Gasteiger partial charge in [-0.1, -0.05) is 30.3 Å². The summed E-state index contributed by atoms with van der Waals surface area (Å²) in [7, 11) is 1.84. The number of hydrogen-bond donors (Lipinski definition) is 1. The number of carbonyl (C=O) groups is 1. The van der Waals surface area contributed by atoms with E-state index in [4.69, 9.17) is 0 Å². The van der Waals surface area contributed by atoms with Crippen LogP contribution in [-0.2, 0) is 13.6 Å². The van der Waals surface area contributed by atoms with Crippen molar-refractivity contribution < 1.29 is 4.79 Å². The fourth-order valence-corrected chi connectivity index (χ4v) is 2.94. The Morgan fingerprint density at radius 3 is 2.81 bits per heavy atom. The number of nitrogens with zero attached hydrogens (tertiary/aromatic N) is 5. The summed E-state index contributed by atoms with van der Waals surface area (Å²) in [4.78, 5) is 17.0. The van der Waals surface area contributed by atoms with Crippen LogP contribution in [-0.4, -0.2) is 30.5 Å². The molecule has 0 aliphatic rings. The van der Waals surface area contributed by atoms with Crippen LogP contribution in [0.5, 0.6) is 0 Å². The van der Waals surface area contributed by atoms with Gasteiger partial charge in [0, 0.05) is 24.7 Å². The molecule has 7 heteroatoms. The van der Waals surface area contributed by atoms with Gasteiger partial charge in [0.05, 0.1) is 24.0 Å². The van der Waals surface area contributed by atoms with Crippen LogP contribution in [0.2, 0.25) is 0 Å². The maximum atomic E-state index is 12.7. The van der Waals surface area contributed by atoms with E-state index in [0.29, 0.717) is 17.9 Å². The lowest BCUT2D eigenvalue weighted by atomic mass is 10.2. The van der Waals surface area contributed by atoms with Gasteiger partial charge in [0.15, 0.2) is 5.65 Å². The van der Waals surface area contributed by atoms with E-state index < -0.39 is 0 Å². The third-order valence-corrected chi connectivity index (χ3v) is 4.26. The van der Waals surface area contributed by atoms with Gasteiger partial charge in [-0.05, 0) is 18.6 Å². The lowest BCUT2D eigenvalue weighted by molar-refractivity contribution is 0.102. The molecule has 4 rings (SSSR count). The molecule has 7 nitrogen and oxygen atoms in total. The Bertz CT molecular complexity index is 1080. The van der Waals surface area contributed by atoms with Gasteiger partial charge in [-0.3, -0.25) is 9.48 Å². The molecule has 0 spiro atoms. The number of amides is 1.